The molecule has 0 heterocycles. The van der Waals surface area contributed by atoms with Gasteiger partial charge in [0.1, 0.15) is 0 Å². The van der Waals surface area contributed by atoms with Crippen LogP contribution in [0.4, 0.5) is 16.2 Å². The second kappa shape index (κ2) is 7.40. The summed E-state index contributed by atoms with van der Waals surface area (Å²) in [4.78, 5) is 25.3. The summed E-state index contributed by atoms with van der Waals surface area (Å²) in [7, 11) is 1.58. The summed E-state index contributed by atoms with van der Waals surface area (Å²) < 4.78 is 0. The van der Waals surface area contributed by atoms with Gasteiger partial charge in [-0.25, -0.2) is 4.79 Å². The number of aryl methyl sites for hydroxylation is 1. The first-order valence-electron chi connectivity index (χ1n) is 11.4. The summed E-state index contributed by atoms with van der Waals surface area (Å²) in [5, 5.41) is 8.52. The molecule has 3 N–H and O–H groups in total. The Morgan fingerprint density at radius 1 is 0.903 bits per heavy atom. The maximum atomic E-state index is 13.7. The van der Waals surface area contributed by atoms with E-state index in [1.165, 1.54) is 30.4 Å². The molecule has 2 atom stereocenters. The molecular weight excluding hydrogens is 386 g/mol. The summed E-state index contributed by atoms with van der Waals surface area (Å²) in [5.74, 6) is 1.42. The van der Waals surface area contributed by atoms with Gasteiger partial charge in [-0.1, -0.05) is 35.9 Å². The van der Waals surface area contributed by atoms with Crippen LogP contribution in [0.5, 0.6) is 0 Å². The predicted molar refractivity (Wildman–Crippen MR) is 123 cm³/mol. The maximum Gasteiger partial charge on any atom is 0.318 e. The zero-order valence-corrected chi connectivity index (χ0v) is 18.3. The van der Waals surface area contributed by atoms with Crippen molar-refractivity contribution in [3.05, 3.63) is 59.7 Å². The largest absolute Gasteiger partial charge is 0.341 e. The van der Waals surface area contributed by atoms with Crippen LogP contribution in [0.25, 0.3) is 0 Å². The molecule has 4 aliphatic rings. The molecule has 4 saturated carbocycles. The third-order valence-electron chi connectivity index (χ3n) is 7.81. The molecule has 0 aromatic heterocycles. The fraction of sp³-hybridized carbons (Fsp3) is 0.462. The van der Waals surface area contributed by atoms with Crippen LogP contribution in [-0.2, 0) is 10.2 Å². The van der Waals surface area contributed by atoms with Crippen molar-refractivity contribution in [3.8, 4) is 0 Å². The van der Waals surface area contributed by atoms with Crippen molar-refractivity contribution < 1.29 is 9.59 Å². The lowest BCUT2D eigenvalue weighted by molar-refractivity contribution is -0.143. The highest BCUT2D eigenvalue weighted by Crippen LogP contribution is 2.66. The van der Waals surface area contributed by atoms with Crippen molar-refractivity contribution in [3.63, 3.8) is 0 Å². The topological polar surface area (TPSA) is 70.2 Å². The number of carbonyl (C=O) groups is 2. The standard InChI is InChI=1S/C26H31N3O2/c1-17-6-8-20(9-7-17)25-12-18-10-19(13-25)15-26(14-18,16-25)23(30)28-21-4-3-5-22(11-21)29-24(31)27-2/h3-9,11,18-19H,10,12-16H2,1-2H3,(H,28,30)(H2,27,29,31). The summed E-state index contributed by atoms with van der Waals surface area (Å²) in [6.45, 7) is 2.13. The second-order valence-corrected chi connectivity index (χ2v) is 10.1. The Labute approximate surface area is 184 Å². The van der Waals surface area contributed by atoms with Gasteiger partial charge in [-0.05, 0) is 86.5 Å². The number of anilines is 2. The van der Waals surface area contributed by atoms with E-state index in [4.69, 9.17) is 0 Å². The molecule has 2 aromatic carbocycles. The Morgan fingerprint density at radius 2 is 1.55 bits per heavy atom. The lowest BCUT2D eigenvalue weighted by atomic mass is 9.42. The van der Waals surface area contributed by atoms with Crippen molar-refractivity contribution in [2.75, 3.05) is 17.7 Å². The molecule has 0 spiro atoms. The highest BCUT2D eigenvalue weighted by molar-refractivity contribution is 5.97. The monoisotopic (exact) mass is 417 g/mol. The molecule has 0 aliphatic heterocycles. The van der Waals surface area contributed by atoms with Crippen molar-refractivity contribution in [1.82, 2.24) is 5.32 Å². The highest BCUT2D eigenvalue weighted by atomic mass is 16.2. The van der Waals surface area contributed by atoms with Gasteiger partial charge in [0.2, 0.25) is 5.91 Å². The van der Waals surface area contributed by atoms with Crippen molar-refractivity contribution in [2.45, 2.75) is 50.9 Å². The number of rotatable bonds is 4. The Hall–Kier alpha value is -2.82. The van der Waals surface area contributed by atoms with Crippen LogP contribution < -0.4 is 16.0 Å². The van der Waals surface area contributed by atoms with Crippen LogP contribution in [-0.4, -0.2) is 19.0 Å². The average Bonchev–Trinajstić information content (AvgIpc) is 2.73. The van der Waals surface area contributed by atoms with Gasteiger partial charge in [0.25, 0.3) is 0 Å². The number of hydrogen-bond acceptors (Lipinski definition) is 2. The van der Waals surface area contributed by atoms with Crippen molar-refractivity contribution in [2.24, 2.45) is 17.3 Å². The SMILES string of the molecule is CNC(=O)Nc1cccc(NC(=O)C23CC4CC(C2)CC(c2ccc(C)cc2)(C4)C3)c1. The quantitative estimate of drug-likeness (QED) is 0.638. The second-order valence-electron chi connectivity index (χ2n) is 10.1. The zero-order valence-electron chi connectivity index (χ0n) is 18.3. The molecule has 2 unspecified atom stereocenters. The Balaban J connectivity index is 1.40. The fourth-order valence-electron chi connectivity index (χ4n) is 6.91. The molecule has 4 bridgehead atoms. The van der Waals surface area contributed by atoms with E-state index < -0.39 is 0 Å². The molecule has 2 aromatic rings. The first-order chi connectivity index (χ1) is 14.9. The summed E-state index contributed by atoms with van der Waals surface area (Å²) >= 11 is 0. The molecule has 0 saturated heterocycles. The zero-order chi connectivity index (χ0) is 21.6. The molecule has 0 radical (unpaired) electrons. The van der Waals surface area contributed by atoms with E-state index in [0.29, 0.717) is 17.5 Å². The van der Waals surface area contributed by atoms with Crippen LogP contribution >= 0.6 is 0 Å². The lowest BCUT2D eigenvalue weighted by Gasteiger charge is -2.61. The minimum atomic E-state index is -0.292. The Morgan fingerprint density at radius 3 is 2.19 bits per heavy atom. The van der Waals surface area contributed by atoms with Gasteiger partial charge in [0.15, 0.2) is 0 Å². The van der Waals surface area contributed by atoms with Crippen molar-refractivity contribution in [1.29, 1.82) is 0 Å². The first kappa shape index (κ1) is 20.1. The van der Waals surface area contributed by atoms with Crippen molar-refractivity contribution >= 4 is 23.3 Å². The summed E-state index contributed by atoms with van der Waals surface area (Å²) in [6.07, 6.45) is 6.64. The minimum absolute atomic E-state index is 0.137. The van der Waals surface area contributed by atoms with E-state index in [9.17, 15) is 9.59 Å². The van der Waals surface area contributed by atoms with Crippen LogP contribution in [0, 0.1) is 24.2 Å². The van der Waals surface area contributed by atoms with Crippen LogP contribution in [0.2, 0.25) is 0 Å². The predicted octanol–water partition coefficient (Wildman–Crippen LogP) is 5.22. The van der Waals surface area contributed by atoms with Gasteiger partial charge in [0.05, 0.1) is 5.41 Å². The smallest absolute Gasteiger partial charge is 0.318 e. The number of amides is 3. The van der Waals surface area contributed by atoms with E-state index in [1.807, 2.05) is 24.3 Å². The third-order valence-corrected chi connectivity index (χ3v) is 7.81. The van der Waals surface area contributed by atoms with Crippen LogP contribution in [0.1, 0.15) is 49.7 Å². The normalized spacial score (nSPS) is 30.6. The number of carbonyl (C=O) groups excluding carboxylic acids is 2. The van der Waals surface area contributed by atoms with E-state index in [0.717, 1.165) is 24.9 Å². The number of hydrogen-bond donors (Lipinski definition) is 3. The molecule has 31 heavy (non-hydrogen) atoms. The Kier molecular flexibility index (Phi) is 4.80. The third kappa shape index (κ3) is 3.60. The van der Waals surface area contributed by atoms with Crippen LogP contribution in [0.3, 0.4) is 0 Å². The lowest BCUT2D eigenvalue weighted by Crippen LogP contribution is -2.57. The number of urea groups is 1. The van der Waals surface area contributed by atoms with E-state index in [2.05, 4.69) is 47.1 Å². The molecule has 162 valence electrons. The summed E-state index contributed by atoms with van der Waals surface area (Å²) in [6, 6.07) is 16.1. The van der Waals surface area contributed by atoms with Gasteiger partial charge in [-0.15, -0.1) is 0 Å². The van der Waals surface area contributed by atoms with Gasteiger partial charge in [-0.2, -0.15) is 0 Å². The maximum absolute atomic E-state index is 13.7. The molecule has 6 rings (SSSR count). The number of nitrogens with one attached hydrogen (secondary N) is 3. The van der Waals surface area contributed by atoms with Crippen LogP contribution in [0.15, 0.2) is 48.5 Å². The van der Waals surface area contributed by atoms with E-state index in [1.54, 1.807) is 7.05 Å². The molecule has 3 amide bonds. The molecule has 5 heteroatoms. The average molecular weight is 418 g/mol. The van der Waals surface area contributed by atoms with Gasteiger partial charge < -0.3 is 16.0 Å². The molecule has 4 fully saturated rings. The minimum Gasteiger partial charge on any atom is -0.341 e. The molecule has 5 nitrogen and oxygen atoms in total. The molecule has 4 aliphatic carbocycles. The van der Waals surface area contributed by atoms with E-state index in [-0.39, 0.29) is 22.8 Å². The van der Waals surface area contributed by atoms with Gasteiger partial charge >= 0.3 is 6.03 Å². The Bertz CT molecular complexity index is 1000. The van der Waals surface area contributed by atoms with Gasteiger partial charge in [0, 0.05) is 18.4 Å². The first-order valence-corrected chi connectivity index (χ1v) is 11.4. The number of benzene rings is 2. The van der Waals surface area contributed by atoms with E-state index >= 15 is 0 Å². The summed E-state index contributed by atoms with van der Waals surface area (Å²) in [5.41, 5.74) is 3.95. The highest BCUT2D eigenvalue weighted by Gasteiger charge is 2.60. The molecular formula is C26H31N3O2. The fourth-order valence-corrected chi connectivity index (χ4v) is 6.91. The van der Waals surface area contributed by atoms with Gasteiger partial charge in [-0.3, -0.25) is 4.79 Å².